The van der Waals surface area contributed by atoms with Crippen LogP contribution in [0.15, 0.2) is 5.38 Å². The summed E-state index contributed by atoms with van der Waals surface area (Å²) < 4.78 is 6.17. The number of nitrogens with two attached hydrogens (primary N) is 1. The Labute approximate surface area is 129 Å². The Morgan fingerprint density at radius 3 is 2.90 bits per heavy atom. The van der Waals surface area contributed by atoms with Crippen LogP contribution in [0.1, 0.15) is 55.5 Å². The van der Waals surface area contributed by atoms with Gasteiger partial charge in [-0.05, 0) is 36.0 Å². The number of aromatic nitrogens is 1. The van der Waals surface area contributed by atoms with Gasteiger partial charge in [-0.1, -0.05) is 20.8 Å². The molecule has 1 amide bonds. The maximum absolute atomic E-state index is 11.4. The first-order valence-electron chi connectivity index (χ1n) is 7.45. The smallest absolute Gasteiger partial charge is 0.294 e. The van der Waals surface area contributed by atoms with Crippen LogP contribution in [0.5, 0.6) is 0 Å². The van der Waals surface area contributed by atoms with Gasteiger partial charge in [-0.15, -0.1) is 11.3 Å². The van der Waals surface area contributed by atoms with E-state index in [1.54, 1.807) is 0 Å². The van der Waals surface area contributed by atoms with Gasteiger partial charge in [0.15, 0.2) is 5.01 Å². The van der Waals surface area contributed by atoms with E-state index in [0.29, 0.717) is 23.1 Å². The number of fused-ring (bicyclic) bond motifs is 2. The minimum atomic E-state index is -0.348. The summed E-state index contributed by atoms with van der Waals surface area (Å²) in [6.07, 6.45) is 4.00. The standard InChI is InChI=1S/C15H23N3O2S/c1-14(2)9-4-5-15(14,3)11(6-9)20-7-10-8-21-13(17-10)12(19)18-16/h8-9,11H,4-7,16H2,1-3H3,(H,18,19). The molecule has 1 heterocycles. The summed E-state index contributed by atoms with van der Waals surface area (Å²) in [6, 6.07) is 0. The lowest BCUT2D eigenvalue weighted by atomic mass is 9.70. The first-order valence-corrected chi connectivity index (χ1v) is 8.33. The molecule has 3 atom stereocenters. The number of hydrogen-bond acceptors (Lipinski definition) is 5. The highest BCUT2D eigenvalue weighted by molar-refractivity contribution is 7.11. The fourth-order valence-corrected chi connectivity index (χ4v) is 4.81. The van der Waals surface area contributed by atoms with Gasteiger partial charge in [0.2, 0.25) is 0 Å². The van der Waals surface area contributed by atoms with E-state index in [9.17, 15) is 4.79 Å². The number of ether oxygens (including phenoxy) is 1. The molecule has 21 heavy (non-hydrogen) atoms. The van der Waals surface area contributed by atoms with Gasteiger partial charge in [-0.2, -0.15) is 0 Å². The van der Waals surface area contributed by atoms with E-state index in [-0.39, 0.29) is 11.3 Å². The molecule has 5 nitrogen and oxygen atoms in total. The number of nitrogens with zero attached hydrogens (tertiary/aromatic N) is 1. The zero-order valence-electron chi connectivity index (χ0n) is 12.8. The Balaban J connectivity index is 1.64. The minimum absolute atomic E-state index is 0.255. The van der Waals surface area contributed by atoms with Crippen molar-refractivity contribution in [3.05, 3.63) is 16.1 Å². The summed E-state index contributed by atoms with van der Waals surface area (Å²) in [5.74, 6) is 5.53. The Kier molecular flexibility index (Phi) is 3.58. The fraction of sp³-hybridized carbons (Fsp3) is 0.733. The van der Waals surface area contributed by atoms with E-state index >= 15 is 0 Å². The number of carbonyl (C=O) groups is 1. The van der Waals surface area contributed by atoms with Crippen LogP contribution < -0.4 is 11.3 Å². The minimum Gasteiger partial charge on any atom is -0.371 e. The molecule has 2 saturated carbocycles. The zero-order chi connectivity index (χ0) is 15.3. The summed E-state index contributed by atoms with van der Waals surface area (Å²) in [7, 11) is 0. The Hall–Kier alpha value is -0.980. The van der Waals surface area contributed by atoms with E-state index < -0.39 is 0 Å². The van der Waals surface area contributed by atoms with Crippen LogP contribution in [0.4, 0.5) is 0 Å². The molecular weight excluding hydrogens is 286 g/mol. The lowest BCUT2D eigenvalue weighted by molar-refractivity contribution is -0.0559. The first-order chi connectivity index (χ1) is 9.88. The summed E-state index contributed by atoms with van der Waals surface area (Å²) >= 11 is 1.30. The van der Waals surface area contributed by atoms with Crippen LogP contribution in [0.3, 0.4) is 0 Å². The van der Waals surface area contributed by atoms with Gasteiger partial charge in [0.25, 0.3) is 5.91 Å². The Morgan fingerprint density at radius 1 is 1.57 bits per heavy atom. The highest BCUT2D eigenvalue weighted by atomic mass is 32.1. The molecule has 2 aliphatic carbocycles. The molecule has 0 aromatic carbocycles. The van der Waals surface area contributed by atoms with Crippen molar-refractivity contribution >= 4 is 17.2 Å². The van der Waals surface area contributed by atoms with Crippen molar-refractivity contribution in [1.29, 1.82) is 0 Å². The predicted molar refractivity (Wildman–Crippen MR) is 81.6 cm³/mol. The van der Waals surface area contributed by atoms with Crippen LogP contribution in [0.25, 0.3) is 0 Å². The molecule has 0 spiro atoms. The number of hydrazine groups is 1. The maximum Gasteiger partial charge on any atom is 0.294 e. The molecule has 3 N–H and O–H groups in total. The van der Waals surface area contributed by atoms with Crippen molar-refractivity contribution in [2.24, 2.45) is 22.6 Å². The van der Waals surface area contributed by atoms with E-state index in [0.717, 1.165) is 18.0 Å². The van der Waals surface area contributed by atoms with E-state index in [1.807, 2.05) is 5.38 Å². The van der Waals surface area contributed by atoms with Crippen molar-refractivity contribution in [1.82, 2.24) is 10.4 Å². The SMILES string of the molecule is CC1(C)C2CCC1(C)C(OCc1csc(C(=O)NN)n1)C2. The predicted octanol–water partition coefficient (Wildman–Crippen LogP) is 2.48. The van der Waals surface area contributed by atoms with Gasteiger partial charge in [-0.25, -0.2) is 10.8 Å². The largest absolute Gasteiger partial charge is 0.371 e. The quantitative estimate of drug-likeness (QED) is 0.509. The van der Waals surface area contributed by atoms with Gasteiger partial charge < -0.3 is 4.74 Å². The normalized spacial score (nSPS) is 33.3. The van der Waals surface area contributed by atoms with Crippen molar-refractivity contribution in [3.8, 4) is 0 Å². The van der Waals surface area contributed by atoms with Crippen LogP contribution in [0, 0.1) is 16.7 Å². The van der Waals surface area contributed by atoms with Gasteiger partial charge in [0, 0.05) is 5.38 Å². The molecule has 2 fully saturated rings. The number of nitrogens with one attached hydrogen (secondary N) is 1. The van der Waals surface area contributed by atoms with Crippen LogP contribution in [-0.2, 0) is 11.3 Å². The second kappa shape index (κ2) is 5.04. The van der Waals surface area contributed by atoms with E-state index in [2.05, 4.69) is 31.2 Å². The summed E-state index contributed by atoms with van der Waals surface area (Å²) in [6.45, 7) is 7.58. The summed E-state index contributed by atoms with van der Waals surface area (Å²) in [4.78, 5) is 15.7. The average molecular weight is 309 g/mol. The molecule has 0 saturated heterocycles. The lowest BCUT2D eigenvalue weighted by Crippen LogP contribution is -2.37. The van der Waals surface area contributed by atoms with Gasteiger partial charge in [-0.3, -0.25) is 10.2 Å². The van der Waals surface area contributed by atoms with Crippen LogP contribution >= 0.6 is 11.3 Å². The summed E-state index contributed by atoms with van der Waals surface area (Å²) in [5.41, 5.74) is 3.51. The fourth-order valence-electron chi connectivity index (χ4n) is 4.11. The molecule has 1 aromatic rings. The van der Waals surface area contributed by atoms with Crippen LogP contribution in [0.2, 0.25) is 0 Å². The number of thiazole rings is 1. The van der Waals surface area contributed by atoms with Crippen LogP contribution in [-0.4, -0.2) is 17.0 Å². The molecule has 6 heteroatoms. The average Bonchev–Trinajstić information content (AvgIpc) is 3.06. The van der Waals surface area contributed by atoms with Crippen molar-refractivity contribution in [3.63, 3.8) is 0 Å². The van der Waals surface area contributed by atoms with Gasteiger partial charge in [0.1, 0.15) is 0 Å². The zero-order valence-corrected chi connectivity index (χ0v) is 13.6. The first kappa shape index (κ1) is 14.9. The van der Waals surface area contributed by atoms with Gasteiger partial charge >= 0.3 is 0 Å². The topological polar surface area (TPSA) is 77.2 Å². The second-order valence-corrected chi connectivity index (χ2v) is 7.89. The molecule has 0 aliphatic heterocycles. The molecule has 3 unspecified atom stereocenters. The number of nitrogen functional groups attached to an aromatic ring is 1. The molecule has 2 bridgehead atoms. The van der Waals surface area contributed by atoms with E-state index in [1.165, 1.54) is 24.2 Å². The van der Waals surface area contributed by atoms with E-state index in [4.69, 9.17) is 10.6 Å². The maximum atomic E-state index is 11.4. The molecule has 3 rings (SSSR count). The Morgan fingerprint density at radius 2 is 2.33 bits per heavy atom. The number of hydrogen-bond donors (Lipinski definition) is 2. The van der Waals surface area contributed by atoms with Crippen molar-refractivity contribution in [2.45, 2.75) is 52.7 Å². The number of carbonyl (C=O) groups excluding carboxylic acids is 1. The number of amides is 1. The number of rotatable bonds is 4. The molecular formula is C15H23N3O2S. The highest BCUT2D eigenvalue weighted by Gasteiger charge is 2.61. The summed E-state index contributed by atoms with van der Waals surface area (Å²) in [5, 5.41) is 2.25. The lowest BCUT2D eigenvalue weighted by Gasteiger charge is -2.38. The molecule has 116 valence electrons. The van der Waals surface area contributed by atoms with Crippen molar-refractivity contribution < 1.29 is 9.53 Å². The highest BCUT2D eigenvalue weighted by Crippen LogP contribution is 2.66. The molecule has 2 aliphatic rings. The second-order valence-electron chi connectivity index (χ2n) is 7.03. The molecule has 1 aromatic heterocycles. The third-order valence-electron chi connectivity index (χ3n) is 6.02. The van der Waals surface area contributed by atoms with Crippen molar-refractivity contribution in [2.75, 3.05) is 0 Å². The molecule has 0 radical (unpaired) electrons. The third-order valence-corrected chi connectivity index (χ3v) is 6.91. The van der Waals surface area contributed by atoms with Gasteiger partial charge in [0.05, 0.1) is 18.4 Å². The third kappa shape index (κ3) is 2.20. The Bertz CT molecular complexity index is 557. The monoisotopic (exact) mass is 309 g/mol.